The minimum Gasteiger partial charge on any atom is -0.503 e. The molecule has 1 aromatic carbocycles. The van der Waals surface area contributed by atoms with Crippen LogP contribution >= 0.6 is 0 Å². The van der Waals surface area contributed by atoms with Crippen molar-refractivity contribution in [2.45, 2.75) is 64.6 Å². The molecule has 1 fully saturated rings. The number of carbonyl (C=O) groups is 2. The van der Waals surface area contributed by atoms with Gasteiger partial charge in [-0.2, -0.15) is 0 Å². The Labute approximate surface area is 184 Å². The first-order valence-electron chi connectivity index (χ1n) is 10.7. The number of ether oxygens (including phenoxy) is 1. The third-order valence-corrected chi connectivity index (χ3v) is 6.18. The van der Waals surface area contributed by atoms with E-state index in [0.717, 1.165) is 6.42 Å². The van der Waals surface area contributed by atoms with Crippen molar-refractivity contribution in [1.29, 1.82) is 0 Å². The van der Waals surface area contributed by atoms with Gasteiger partial charge in [-0.05, 0) is 44.4 Å². The van der Waals surface area contributed by atoms with Gasteiger partial charge < -0.3 is 24.6 Å². The summed E-state index contributed by atoms with van der Waals surface area (Å²) in [4.78, 5) is 40.4. The number of benzene rings is 1. The molecular formula is C23H26FN3O5. The Morgan fingerprint density at radius 1 is 1.31 bits per heavy atom. The van der Waals surface area contributed by atoms with E-state index in [1.165, 1.54) is 35.0 Å². The molecule has 170 valence electrons. The van der Waals surface area contributed by atoms with Gasteiger partial charge in [0.25, 0.3) is 11.8 Å². The fourth-order valence-corrected chi connectivity index (χ4v) is 4.49. The summed E-state index contributed by atoms with van der Waals surface area (Å²) in [5, 5.41) is 13.3. The Balaban J connectivity index is 1.66. The number of fused-ring (bicyclic) bond motifs is 2. The molecule has 0 aliphatic carbocycles. The van der Waals surface area contributed by atoms with Crippen molar-refractivity contribution in [3.63, 3.8) is 0 Å². The topological polar surface area (TPSA) is 101 Å². The molecule has 0 spiro atoms. The number of nitrogens with one attached hydrogen (secondary N) is 1. The number of halogens is 1. The summed E-state index contributed by atoms with van der Waals surface area (Å²) in [5.41, 5.74) is -0.669. The molecule has 9 heteroatoms. The van der Waals surface area contributed by atoms with Crippen molar-refractivity contribution >= 4 is 11.8 Å². The van der Waals surface area contributed by atoms with Crippen molar-refractivity contribution in [3.8, 4) is 5.75 Å². The van der Waals surface area contributed by atoms with Crippen LogP contribution in [0.1, 0.15) is 66.1 Å². The lowest BCUT2D eigenvalue weighted by atomic mass is 10.00. The smallest absolute Gasteiger partial charge is 0.276 e. The lowest BCUT2D eigenvalue weighted by Gasteiger charge is -2.47. The number of nitrogens with zero attached hydrogens (tertiary/aromatic N) is 2. The van der Waals surface area contributed by atoms with E-state index >= 15 is 0 Å². The highest BCUT2D eigenvalue weighted by Crippen LogP contribution is 2.32. The fraction of sp³-hybridized carbons (Fsp3) is 0.435. The monoisotopic (exact) mass is 443 g/mol. The third kappa shape index (κ3) is 3.77. The first-order chi connectivity index (χ1) is 15.2. The SMILES string of the molecule is CC[C@@H]1C[C@H](C)O[C@H]2Cn3cc(C(=O)N[C@@H](C)c4ccc(F)cc4)c(=O)c(O)c3C(=O)N12. The zero-order valence-corrected chi connectivity index (χ0v) is 18.2. The lowest BCUT2D eigenvalue weighted by molar-refractivity contribution is -0.150. The van der Waals surface area contributed by atoms with Gasteiger partial charge in [0.05, 0.1) is 18.7 Å². The van der Waals surface area contributed by atoms with Crippen LogP contribution in [0.15, 0.2) is 35.3 Å². The van der Waals surface area contributed by atoms with E-state index in [1.807, 2.05) is 13.8 Å². The van der Waals surface area contributed by atoms with Crippen LogP contribution in [0.2, 0.25) is 0 Å². The maximum absolute atomic E-state index is 13.2. The molecule has 0 unspecified atom stereocenters. The Morgan fingerprint density at radius 2 is 2.00 bits per heavy atom. The second kappa shape index (κ2) is 8.38. The van der Waals surface area contributed by atoms with Gasteiger partial charge in [0.2, 0.25) is 5.43 Å². The largest absolute Gasteiger partial charge is 0.503 e. The summed E-state index contributed by atoms with van der Waals surface area (Å²) in [6.07, 6.45) is 2.11. The normalized spacial score (nSPS) is 23.3. The highest BCUT2D eigenvalue weighted by molar-refractivity contribution is 5.99. The van der Waals surface area contributed by atoms with Crippen LogP contribution in [0.4, 0.5) is 4.39 Å². The highest BCUT2D eigenvalue weighted by Gasteiger charge is 2.43. The molecular weight excluding hydrogens is 417 g/mol. The van der Waals surface area contributed by atoms with Crippen molar-refractivity contribution in [2.24, 2.45) is 0 Å². The van der Waals surface area contributed by atoms with E-state index in [0.29, 0.717) is 12.0 Å². The van der Waals surface area contributed by atoms with Gasteiger partial charge in [0.15, 0.2) is 17.7 Å². The van der Waals surface area contributed by atoms with Gasteiger partial charge in [-0.1, -0.05) is 19.1 Å². The number of aromatic hydroxyl groups is 1. The fourth-order valence-electron chi connectivity index (χ4n) is 4.49. The van der Waals surface area contributed by atoms with E-state index < -0.39 is 41.1 Å². The Morgan fingerprint density at radius 3 is 2.66 bits per heavy atom. The molecule has 4 atom stereocenters. The zero-order valence-electron chi connectivity index (χ0n) is 18.2. The maximum Gasteiger partial charge on any atom is 0.276 e. The van der Waals surface area contributed by atoms with Crippen LogP contribution in [0, 0.1) is 5.82 Å². The zero-order chi connectivity index (χ0) is 23.2. The van der Waals surface area contributed by atoms with Crippen molar-refractivity contribution in [1.82, 2.24) is 14.8 Å². The Hall–Kier alpha value is -3.20. The molecule has 2 aliphatic heterocycles. The van der Waals surface area contributed by atoms with Crippen LogP contribution < -0.4 is 10.7 Å². The second-order valence-corrected chi connectivity index (χ2v) is 8.38. The standard InChI is InChI=1S/C23H26FN3O5/c1-4-16-9-12(2)32-18-11-26-10-17(20(28)21(29)19(26)23(31)27(16)18)22(30)25-13(3)14-5-7-15(24)8-6-14/h5-8,10,12-13,16,18,29H,4,9,11H2,1-3H3,(H,25,30)/t12-,13-,16+,18-/m0/s1. The number of carbonyl (C=O) groups excluding carboxylic acids is 2. The molecule has 2 aliphatic rings. The number of hydrogen-bond acceptors (Lipinski definition) is 5. The van der Waals surface area contributed by atoms with Crippen LogP contribution in [0.25, 0.3) is 0 Å². The molecule has 0 radical (unpaired) electrons. The van der Waals surface area contributed by atoms with Crippen molar-refractivity contribution in [2.75, 3.05) is 0 Å². The Bertz CT molecular complexity index is 1110. The summed E-state index contributed by atoms with van der Waals surface area (Å²) in [7, 11) is 0. The predicted octanol–water partition coefficient (Wildman–Crippen LogP) is 2.55. The maximum atomic E-state index is 13.2. The average Bonchev–Trinajstić information content (AvgIpc) is 2.75. The minimum absolute atomic E-state index is 0.0390. The number of rotatable bonds is 4. The van der Waals surface area contributed by atoms with Crippen LogP contribution in [0.5, 0.6) is 5.75 Å². The molecule has 4 rings (SSSR count). The molecule has 2 amide bonds. The molecule has 3 heterocycles. The van der Waals surface area contributed by atoms with E-state index in [9.17, 15) is 23.9 Å². The Kier molecular flexibility index (Phi) is 5.77. The van der Waals surface area contributed by atoms with Gasteiger partial charge in [-0.15, -0.1) is 0 Å². The molecule has 8 nitrogen and oxygen atoms in total. The van der Waals surface area contributed by atoms with E-state index in [2.05, 4.69) is 5.32 Å². The summed E-state index contributed by atoms with van der Waals surface area (Å²) in [6.45, 7) is 5.82. The van der Waals surface area contributed by atoms with Gasteiger partial charge in [-0.3, -0.25) is 14.4 Å². The van der Waals surface area contributed by atoms with Crippen molar-refractivity contribution < 1.29 is 23.8 Å². The first-order valence-corrected chi connectivity index (χ1v) is 10.7. The highest BCUT2D eigenvalue weighted by atomic mass is 19.1. The second-order valence-electron chi connectivity index (χ2n) is 8.38. The minimum atomic E-state index is -0.911. The van der Waals surface area contributed by atoms with E-state index in [4.69, 9.17) is 4.74 Å². The van der Waals surface area contributed by atoms with Crippen LogP contribution in [-0.2, 0) is 11.3 Å². The number of pyridine rings is 1. The first kappa shape index (κ1) is 22.0. The quantitative estimate of drug-likeness (QED) is 0.757. The molecule has 2 aromatic rings. The number of aromatic nitrogens is 1. The molecule has 1 aromatic heterocycles. The van der Waals surface area contributed by atoms with Gasteiger partial charge in [0.1, 0.15) is 11.4 Å². The predicted molar refractivity (Wildman–Crippen MR) is 114 cm³/mol. The third-order valence-electron chi connectivity index (χ3n) is 6.18. The van der Waals surface area contributed by atoms with E-state index in [-0.39, 0.29) is 29.9 Å². The lowest BCUT2D eigenvalue weighted by Crippen LogP contribution is -2.59. The molecule has 0 saturated carbocycles. The average molecular weight is 443 g/mol. The van der Waals surface area contributed by atoms with Gasteiger partial charge >= 0.3 is 0 Å². The molecule has 1 saturated heterocycles. The molecule has 32 heavy (non-hydrogen) atoms. The van der Waals surface area contributed by atoms with Crippen molar-refractivity contribution in [3.05, 3.63) is 63.3 Å². The molecule has 0 bridgehead atoms. The molecule has 2 N–H and O–H groups in total. The number of amides is 2. The van der Waals surface area contributed by atoms with Gasteiger partial charge in [-0.25, -0.2) is 4.39 Å². The van der Waals surface area contributed by atoms with Crippen LogP contribution in [0.3, 0.4) is 0 Å². The summed E-state index contributed by atoms with van der Waals surface area (Å²) >= 11 is 0. The summed E-state index contributed by atoms with van der Waals surface area (Å²) in [6, 6.07) is 5.08. The summed E-state index contributed by atoms with van der Waals surface area (Å²) in [5.74, 6) is -2.32. The van der Waals surface area contributed by atoms with E-state index in [1.54, 1.807) is 11.8 Å². The number of hydrogen-bond donors (Lipinski definition) is 2. The van der Waals surface area contributed by atoms with Gasteiger partial charge in [0, 0.05) is 12.2 Å². The van der Waals surface area contributed by atoms with Crippen LogP contribution in [-0.4, -0.2) is 44.8 Å². The summed E-state index contributed by atoms with van der Waals surface area (Å²) < 4.78 is 20.5.